The molecule has 0 amide bonds. The predicted molar refractivity (Wildman–Crippen MR) is 173 cm³/mol. The van der Waals surface area contributed by atoms with E-state index in [0.29, 0.717) is 38.3 Å². The first-order valence-corrected chi connectivity index (χ1v) is 16.4. The van der Waals surface area contributed by atoms with Crippen LogP contribution in [-0.2, 0) is 17.6 Å². The highest BCUT2D eigenvalue weighted by Crippen LogP contribution is 2.29. The van der Waals surface area contributed by atoms with Gasteiger partial charge in [0.15, 0.2) is 11.5 Å². The lowest BCUT2D eigenvalue weighted by Crippen LogP contribution is -3.07. The summed E-state index contributed by atoms with van der Waals surface area (Å²) >= 11 is 0. The Hall–Kier alpha value is -3.30. The van der Waals surface area contributed by atoms with Gasteiger partial charge in [-0.05, 0) is 59.6 Å². The number of phenolic OH excluding ortho intramolecular Hbond substituents is 1. The standard InChI is InChI=1S/C36H48N4O4/c37-36(38)28-11-6-10-27(17-28)18-29-21-39-33-23-40(22-32(29)33)24-44-35-19-26(14-16-34(35)43)13-15-31(42)20-30(41)12-5-4-9-25-7-2-1-3-8-25/h6,10-11,14,16-17,19,21-22,25,30,36,41,43H,1-5,7-9,12-13,15,18,20,23-24,37-38H2/p+1/t30-/m1/s1. The Balaban J connectivity index is 1.04. The van der Waals surface area contributed by atoms with Gasteiger partial charge in [-0.2, -0.15) is 0 Å². The molecule has 0 bridgehead atoms. The van der Waals surface area contributed by atoms with Gasteiger partial charge in [0, 0.05) is 19.0 Å². The number of nitrogens with zero attached hydrogens (tertiary/aromatic N) is 1. The number of hydrogen-bond acceptors (Lipinski definition) is 7. The van der Waals surface area contributed by atoms with Gasteiger partial charge in [-0.3, -0.25) is 14.7 Å². The average molecular weight is 602 g/mol. The number of benzene rings is 2. The van der Waals surface area contributed by atoms with E-state index in [4.69, 9.17) is 16.2 Å². The van der Waals surface area contributed by atoms with Crippen molar-refractivity contribution in [3.63, 3.8) is 0 Å². The van der Waals surface area contributed by atoms with Crippen molar-refractivity contribution in [3.8, 4) is 11.5 Å². The van der Waals surface area contributed by atoms with E-state index in [2.05, 4.69) is 17.3 Å². The number of ether oxygens (including phenoxy) is 1. The summed E-state index contributed by atoms with van der Waals surface area (Å²) in [5.74, 6) is 1.42. The largest absolute Gasteiger partial charge is 0.504 e. The molecule has 8 nitrogen and oxygen atoms in total. The van der Waals surface area contributed by atoms with E-state index < -0.39 is 12.3 Å². The van der Waals surface area contributed by atoms with Gasteiger partial charge in [0.25, 0.3) is 0 Å². The maximum atomic E-state index is 12.6. The number of ketones is 1. The van der Waals surface area contributed by atoms with Crippen LogP contribution in [0.3, 0.4) is 0 Å². The number of aliphatic hydroxyl groups is 1. The van der Waals surface area contributed by atoms with E-state index in [1.165, 1.54) is 38.5 Å². The molecule has 5 rings (SSSR count). The SMILES string of the molecule is NC(N)c1cccc(CC2=CN=C3C[NH+](COc4cc(CCC(=O)C[C@H](O)CCCCC5CCCCC5)ccc4O)C=C23)c1. The highest BCUT2D eigenvalue weighted by molar-refractivity contribution is 6.08. The zero-order chi connectivity index (χ0) is 30.9. The molecular weight excluding hydrogens is 552 g/mol. The number of hydrogen-bond donors (Lipinski definition) is 5. The molecule has 0 radical (unpaired) electrons. The number of rotatable bonds is 16. The minimum atomic E-state index is -0.556. The van der Waals surface area contributed by atoms with E-state index in [-0.39, 0.29) is 18.0 Å². The quantitative estimate of drug-likeness (QED) is 0.143. The molecule has 1 aliphatic carbocycles. The summed E-state index contributed by atoms with van der Waals surface area (Å²) in [7, 11) is 0. The van der Waals surface area contributed by atoms with Crippen LogP contribution in [0.2, 0.25) is 0 Å². The lowest BCUT2D eigenvalue weighted by atomic mass is 9.85. The second-order valence-corrected chi connectivity index (χ2v) is 12.8. The fourth-order valence-electron chi connectivity index (χ4n) is 6.67. The maximum absolute atomic E-state index is 12.6. The van der Waals surface area contributed by atoms with Crippen LogP contribution in [-0.4, -0.2) is 41.1 Å². The molecule has 1 unspecified atom stereocenters. The normalized spacial score (nSPS) is 19.0. The number of allylic oxidation sites excluding steroid dienone is 1. The summed E-state index contributed by atoms with van der Waals surface area (Å²) in [6.45, 7) is 1.05. The number of Topliss-reactive ketones (excluding diaryl/α,β-unsaturated/α-hetero) is 1. The van der Waals surface area contributed by atoms with Crippen molar-refractivity contribution < 1.29 is 24.6 Å². The van der Waals surface area contributed by atoms with Crippen LogP contribution in [0.15, 0.2) is 71.0 Å². The van der Waals surface area contributed by atoms with Crippen LogP contribution < -0.4 is 21.1 Å². The Morgan fingerprint density at radius 2 is 1.91 bits per heavy atom. The van der Waals surface area contributed by atoms with Gasteiger partial charge in [-0.1, -0.05) is 81.7 Å². The van der Waals surface area contributed by atoms with Crippen molar-refractivity contribution in [1.82, 2.24) is 0 Å². The molecule has 2 heterocycles. The number of nitrogens with two attached hydrogens (primary N) is 2. The van der Waals surface area contributed by atoms with Crippen LogP contribution in [0.1, 0.15) is 93.5 Å². The van der Waals surface area contributed by atoms with Crippen molar-refractivity contribution in [3.05, 3.63) is 82.7 Å². The molecule has 2 aromatic carbocycles. The molecule has 8 heteroatoms. The first-order chi connectivity index (χ1) is 21.3. The first-order valence-electron chi connectivity index (χ1n) is 16.4. The molecule has 2 aromatic rings. The Morgan fingerprint density at radius 1 is 1.07 bits per heavy atom. The number of unbranched alkanes of at least 4 members (excludes halogenated alkanes) is 1. The Kier molecular flexibility index (Phi) is 11.4. The predicted octanol–water partition coefficient (Wildman–Crippen LogP) is 4.40. The third kappa shape index (κ3) is 9.11. The summed E-state index contributed by atoms with van der Waals surface area (Å²) in [6, 6.07) is 13.3. The van der Waals surface area contributed by atoms with Crippen molar-refractivity contribution >= 4 is 11.5 Å². The molecule has 236 valence electrons. The zero-order valence-electron chi connectivity index (χ0n) is 25.8. The van der Waals surface area contributed by atoms with Crippen LogP contribution >= 0.6 is 0 Å². The van der Waals surface area contributed by atoms with Gasteiger partial charge in [-0.15, -0.1) is 0 Å². The van der Waals surface area contributed by atoms with Crippen molar-refractivity contribution in [2.24, 2.45) is 22.4 Å². The van der Waals surface area contributed by atoms with Gasteiger partial charge in [0.2, 0.25) is 6.73 Å². The maximum Gasteiger partial charge on any atom is 0.227 e. The van der Waals surface area contributed by atoms with Crippen molar-refractivity contribution in [1.29, 1.82) is 0 Å². The Labute approximate surface area is 261 Å². The number of aliphatic hydroxyl groups excluding tert-OH is 1. The monoisotopic (exact) mass is 601 g/mol. The number of carbonyl (C=O) groups is 1. The lowest BCUT2D eigenvalue weighted by Gasteiger charge is -2.21. The number of aryl methyl sites for hydroxylation is 1. The van der Waals surface area contributed by atoms with Crippen molar-refractivity contribution in [2.75, 3.05) is 13.3 Å². The second-order valence-electron chi connectivity index (χ2n) is 12.8. The highest BCUT2D eigenvalue weighted by atomic mass is 16.5. The lowest BCUT2D eigenvalue weighted by molar-refractivity contribution is -0.851. The topological polar surface area (TPSA) is 136 Å². The van der Waals surface area contributed by atoms with Gasteiger partial charge < -0.3 is 26.4 Å². The molecule has 3 aliphatic rings. The number of nitrogens with one attached hydrogen (secondary N) is 1. The highest BCUT2D eigenvalue weighted by Gasteiger charge is 2.30. The summed E-state index contributed by atoms with van der Waals surface area (Å²) < 4.78 is 6.03. The fourth-order valence-corrected chi connectivity index (χ4v) is 6.67. The molecule has 44 heavy (non-hydrogen) atoms. The second kappa shape index (κ2) is 15.6. The number of aromatic hydroxyl groups is 1. The Morgan fingerprint density at radius 3 is 2.73 bits per heavy atom. The van der Waals surface area contributed by atoms with E-state index in [1.807, 2.05) is 36.5 Å². The van der Waals surface area contributed by atoms with Gasteiger partial charge in [-0.25, -0.2) is 0 Å². The molecule has 1 saturated carbocycles. The van der Waals surface area contributed by atoms with Crippen LogP contribution in [0, 0.1) is 5.92 Å². The van der Waals surface area contributed by atoms with Crippen LogP contribution in [0.4, 0.5) is 0 Å². The van der Waals surface area contributed by atoms with E-state index >= 15 is 0 Å². The average Bonchev–Trinajstić information content (AvgIpc) is 3.60. The third-order valence-electron chi connectivity index (χ3n) is 9.22. The summed E-state index contributed by atoms with van der Waals surface area (Å²) in [6.07, 6.45) is 15.8. The van der Waals surface area contributed by atoms with E-state index in [1.54, 1.807) is 6.07 Å². The minimum Gasteiger partial charge on any atom is -0.504 e. The number of fused-ring (bicyclic) bond motifs is 1. The summed E-state index contributed by atoms with van der Waals surface area (Å²) in [4.78, 5) is 18.3. The van der Waals surface area contributed by atoms with E-state index in [0.717, 1.165) is 63.6 Å². The molecular formula is C36H49N4O4+. The first kappa shape index (κ1) is 32.1. The number of aliphatic imine (C=N–C) groups is 1. The number of carbonyl (C=O) groups excluding carboxylic acids is 1. The molecule has 1 fully saturated rings. The molecule has 2 aliphatic heterocycles. The molecule has 0 saturated heterocycles. The van der Waals surface area contributed by atoms with Gasteiger partial charge in [0.1, 0.15) is 24.2 Å². The number of quaternary nitrogens is 1. The molecule has 0 spiro atoms. The van der Waals surface area contributed by atoms with Crippen LogP contribution in [0.5, 0.6) is 11.5 Å². The third-order valence-corrected chi connectivity index (χ3v) is 9.22. The molecule has 7 N–H and O–H groups in total. The summed E-state index contributed by atoms with van der Waals surface area (Å²) in [5.41, 5.74) is 18.0. The van der Waals surface area contributed by atoms with Gasteiger partial charge >= 0.3 is 0 Å². The molecule has 2 atom stereocenters. The van der Waals surface area contributed by atoms with E-state index in [9.17, 15) is 15.0 Å². The Bertz CT molecular complexity index is 1380. The number of phenols is 1. The zero-order valence-corrected chi connectivity index (χ0v) is 25.8. The summed E-state index contributed by atoms with van der Waals surface area (Å²) in [5, 5.41) is 20.8. The smallest absolute Gasteiger partial charge is 0.227 e. The minimum absolute atomic E-state index is 0.0715. The van der Waals surface area contributed by atoms with Gasteiger partial charge in [0.05, 0.1) is 17.8 Å². The van der Waals surface area contributed by atoms with Crippen molar-refractivity contribution in [2.45, 2.75) is 95.7 Å². The van der Waals surface area contributed by atoms with Crippen LogP contribution in [0.25, 0.3) is 0 Å². The fraction of sp³-hybridized carbons (Fsp3) is 0.500. The molecule has 0 aromatic heterocycles.